The number of carbonyl (C=O) groups is 1. The molecule has 3 heteroatoms. The van der Waals surface area contributed by atoms with Crippen molar-refractivity contribution in [3.05, 3.63) is 35.4 Å². The molecule has 0 aromatic heterocycles. The Kier molecular flexibility index (Phi) is 3.56. The van der Waals surface area contributed by atoms with E-state index >= 15 is 0 Å². The highest BCUT2D eigenvalue weighted by Gasteiger charge is 2.25. The standard InChI is InChI=1S/C16H22N2O/c1-13-5-4-9-17(13)11-12-18-10-8-14-6-2-3-7-15(14)16(18)19/h2-3,6-7,13H,4-5,8-12H2,1H3/t13-/m1/s1. The number of amides is 1. The fraction of sp³-hybridized carbons (Fsp3) is 0.562. The van der Waals surface area contributed by atoms with Gasteiger partial charge in [0.25, 0.3) is 5.91 Å². The van der Waals surface area contributed by atoms with Gasteiger partial charge in [0.1, 0.15) is 0 Å². The Bertz CT molecular complexity index is 472. The van der Waals surface area contributed by atoms with Gasteiger partial charge in [-0.1, -0.05) is 18.2 Å². The highest BCUT2D eigenvalue weighted by Crippen LogP contribution is 2.20. The summed E-state index contributed by atoms with van der Waals surface area (Å²) in [5.41, 5.74) is 2.11. The van der Waals surface area contributed by atoms with Crippen molar-refractivity contribution in [2.45, 2.75) is 32.2 Å². The molecule has 1 fully saturated rings. The summed E-state index contributed by atoms with van der Waals surface area (Å²) in [5, 5.41) is 0. The molecule has 2 aliphatic rings. The first-order chi connectivity index (χ1) is 9.25. The second-order valence-corrected chi connectivity index (χ2v) is 5.73. The number of nitrogens with zero attached hydrogens (tertiary/aromatic N) is 2. The number of hydrogen-bond donors (Lipinski definition) is 0. The number of carbonyl (C=O) groups excluding carboxylic acids is 1. The van der Waals surface area contributed by atoms with Crippen LogP contribution in [0, 0.1) is 0 Å². The number of hydrogen-bond acceptors (Lipinski definition) is 2. The third kappa shape index (κ3) is 2.52. The minimum atomic E-state index is 0.216. The molecule has 0 radical (unpaired) electrons. The lowest BCUT2D eigenvalue weighted by Crippen LogP contribution is -2.43. The molecule has 0 saturated carbocycles. The SMILES string of the molecule is C[C@@H]1CCCN1CCN1CCc2ccccc2C1=O. The van der Waals surface area contributed by atoms with Crippen LogP contribution in [0.25, 0.3) is 0 Å². The molecule has 3 rings (SSSR count). The van der Waals surface area contributed by atoms with E-state index < -0.39 is 0 Å². The van der Waals surface area contributed by atoms with Gasteiger partial charge in [0.15, 0.2) is 0 Å². The zero-order chi connectivity index (χ0) is 13.2. The van der Waals surface area contributed by atoms with Crippen molar-refractivity contribution >= 4 is 5.91 Å². The first-order valence-corrected chi connectivity index (χ1v) is 7.37. The molecule has 0 N–H and O–H groups in total. The average Bonchev–Trinajstić information content (AvgIpc) is 2.84. The predicted molar refractivity (Wildman–Crippen MR) is 76.3 cm³/mol. The van der Waals surface area contributed by atoms with Crippen LogP contribution < -0.4 is 0 Å². The third-order valence-electron chi connectivity index (χ3n) is 4.53. The van der Waals surface area contributed by atoms with Crippen LogP contribution in [-0.4, -0.2) is 47.9 Å². The van der Waals surface area contributed by atoms with Crippen LogP contribution in [0.4, 0.5) is 0 Å². The van der Waals surface area contributed by atoms with E-state index in [4.69, 9.17) is 0 Å². The fourth-order valence-corrected chi connectivity index (χ4v) is 3.26. The maximum atomic E-state index is 12.4. The smallest absolute Gasteiger partial charge is 0.254 e. The Morgan fingerprint density at radius 1 is 1.21 bits per heavy atom. The van der Waals surface area contributed by atoms with Gasteiger partial charge >= 0.3 is 0 Å². The van der Waals surface area contributed by atoms with E-state index in [9.17, 15) is 4.79 Å². The maximum absolute atomic E-state index is 12.4. The van der Waals surface area contributed by atoms with Gasteiger partial charge in [-0.05, 0) is 44.4 Å². The molecule has 0 aliphatic carbocycles. The molecule has 1 aromatic rings. The molecule has 102 valence electrons. The summed E-state index contributed by atoms with van der Waals surface area (Å²) in [6, 6.07) is 8.71. The fourth-order valence-electron chi connectivity index (χ4n) is 3.26. The summed E-state index contributed by atoms with van der Waals surface area (Å²) in [7, 11) is 0. The van der Waals surface area contributed by atoms with Gasteiger partial charge in [0.2, 0.25) is 0 Å². The minimum Gasteiger partial charge on any atom is -0.337 e. The largest absolute Gasteiger partial charge is 0.337 e. The van der Waals surface area contributed by atoms with Gasteiger partial charge in [-0.3, -0.25) is 9.69 Å². The molecular formula is C16H22N2O. The summed E-state index contributed by atoms with van der Waals surface area (Å²) in [5.74, 6) is 0.216. The topological polar surface area (TPSA) is 23.6 Å². The van der Waals surface area contributed by atoms with E-state index in [1.807, 2.05) is 23.1 Å². The van der Waals surface area contributed by atoms with Crippen molar-refractivity contribution in [2.24, 2.45) is 0 Å². The van der Waals surface area contributed by atoms with Crippen molar-refractivity contribution < 1.29 is 4.79 Å². The second-order valence-electron chi connectivity index (χ2n) is 5.73. The predicted octanol–water partition coefficient (Wildman–Crippen LogP) is 2.17. The summed E-state index contributed by atoms with van der Waals surface area (Å²) in [6.07, 6.45) is 3.60. The molecule has 0 unspecified atom stereocenters. The van der Waals surface area contributed by atoms with Gasteiger partial charge in [-0.2, -0.15) is 0 Å². The molecule has 3 nitrogen and oxygen atoms in total. The van der Waals surface area contributed by atoms with Gasteiger partial charge < -0.3 is 4.90 Å². The third-order valence-corrected chi connectivity index (χ3v) is 4.53. The summed E-state index contributed by atoms with van der Waals surface area (Å²) >= 11 is 0. The molecule has 1 aromatic carbocycles. The highest BCUT2D eigenvalue weighted by molar-refractivity contribution is 5.96. The normalized spacial score (nSPS) is 23.7. The zero-order valence-electron chi connectivity index (χ0n) is 11.6. The molecular weight excluding hydrogens is 236 g/mol. The van der Waals surface area contributed by atoms with E-state index in [0.717, 1.165) is 31.6 Å². The van der Waals surface area contributed by atoms with Crippen LogP contribution in [0.3, 0.4) is 0 Å². The Balaban J connectivity index is 1.63. The number of rotatable bonds is 3. The Morgan fingerprint density at radius 2 is 2.05 bits per heavy atom. The minimum absolute atomic E-state index is 0.216. The highest BCUT2D eigenvalue weighted by atomic mass is 16.2. The molecule has 1 saturated heterocycles. The van der Waals surface area contributed by atoms with Crippen molar-refractivity contribution in [1.82, 2.24) is 9.80 Å². The zero-order valence-corrected chi connectivity index (χ0v) is 11.6. The van der Waals surface area contributed by atoms with E-state index in [1.54, 1.807) is 0 Å². The monoisotopic (exact) mass is 258 g/mol. The van der Waals surface area contributed by atoms with Crippen molar-refractivity contribution in [2.75, 3.05) is 26.2 Å². The molecule has 2 aliphatic heterocycles. The Hall–Kier alpha value is -1.35. The lowest BCUT2D eigenvalue weighted by Gasteiger charge is -2.31. The first-order valence-electron chi connectivity index (χ1n) is 7.37. The van der Waals surface area contributed by atoms with Crippen LogP contribution in [0.1, 0.15) is 35.7 Å². The van der Waals surface area contributed by atoms with Gasteiger partial charge in [0, 0.05) is 31.2 Å². The number of benzene rings is 1. The molecule has 1 atom stereocenters. The lowest BCUT2D eigenvalue weighted by molar-refractivity contribution is 0.0717. The average molecular weight is 258 g/mol. The van der Waals surface area contributed by atoms with Crippen LogP contribution in [0.15, 0.2) is 24.3 Å². The van der Waals surface area contributed by atoms with Crippen molar-refractivity contribution in [3.8, 4) is 0 Å². The second kappa shape index (κ2) is 5.33. The van der Waals surface area contributed by atoms with E-state index in [0.29, 0.717) is 6.04 Å². The van der Waals surface area contributed by atoms with Crippen LogP contribution in [0.5, 0.6) is 0 Å². The van der Waals surface area contributed by atoms with E-state index in [1.165, 1.54) is 24.9 Å². The first kappa shape index (κ1) is 12.7. The quantitative estimate of drug-likeness (QED) is 0.829. The number of fused-ring (bicyclic) bond motifs is 1. The molecule has 0 spiro atoms. The molecule has 2 heterocycles. The lowest BCUT2D eigenvalue weighted by atomic mass is 9.99. The molecule has 1 amide bonds. The number of likely N-dealkylation sites (tertiary alicyclic amines) is 1. The summed E-state index contributed by atoms with van der Waals surface area (Å²) < 4.78 is 0. The van der Waals surface area contributed by atoms with Crippen LogP contribution in [-0.2, 0) is 6.42 Å². The Morgan fingerprint density at radius 3 is 2.84 bits per heavy atom. The van der Waals surface area contributed by atoms with E-state index in [2.05, 4.69) is 17.9 Å². The Labute approximate surface area is 115 Å². The van der Waals surface area contributed by atoms with Crippen molar-refractivity contribution in [3.63, 3.8) is 0 Å². The van der Waals surface area contributed by atoms with Gasteiger partial charge in [-0.25, -0.2) is 0 Å². The van der Waals surface area contributed by atoms with Gasteiger partial charge in [0.05, 0.1) is 0 Å². The summed E-state index contributed by atoms with van der Waals surface area (Å²) in [6.45, 7) is 6.25. The molecule has 0 bridgehead atoms. The summed E-state index contributed by atoms with van der Waals surface area (Å²) in [4.78, 5) is 16.9. The van der Waals surface area contributed by atoms with Crippen molar-refractivity contribution in [1.29, 1.82) is 0 Å². The maximum Gasteiger partial charge on any atom is 0.254 e. The molecule has 19 heavy (non-hydrogen) atoms. The van der Waals surface area contributed by atoms with Gasteiger partial charge in [-0.15, -0.1) is 0 Å². The van der Waals surface area contributed by atoms with Crippen LogP contribution >= 0.6 is 0 Å². The van der Waals surface area contributed by atoms with Crippen LogP contribution in [0.2, 0.25) is 0 Å². The van der Waals surface area contributed by atoms with E-state index in [-0.39, 0.29) is 5.91 Å².